The van der Waals surface area contributed by atoms with Gasteiger partial charge < -0.3 is 9.47 Å². The first kappa shape index (κ1) is 16.2. The minimum atomic E-state index is 0.483. The van der Waals surface area contributed by atoms with Gasteiger partial charge >= 0.3 is 0 Å². The average molecular weight is 284 g/mol. The molecule has 2 rings (SSSR count). The lowest BCUT2D eigenvalue weighted by Crippen LogP contribution is -2.55. The Kier molecular flexibility index (Phi) is 7.28. The highest BCUT2D eigenvalue weighted by Crippen LogP contribution is 2.17. The van der Waals surface area contributed by atoms with E-state index in [0.717, 1.165) is 32.9 Å². The summed E-state index contributed by atoms with van der Waals surface area (Å²) in [5.41, 5.74) is 0. The maximum absolute atomic E-state index is 5.88. The number of hydrogen-bond acceptors (Lipinski definition) is 4. The van der Waals surface area contributed by atoms with Gasteiger partial charge in [-0.1, -0.05) is 6.92 Å². The second kappa shape index (κ2) is 8.98. The zero-order valence-corrected chi connectivity index (χ0v) is 13.4. The largest absolute Gasteiger partial charge is 0.380 e. The molecular formula is C16H32N2O2. The van der Waals surface area contributed by atoms with Crippen LogP contribution in [-0.4, -0.2) is 74.5 Å². The van der Waals surface area contributed by atoms with E-state index >= 15 is 0 Å². The quantitative estimate of drug-likeness (QED) is 0.668. The Hall–Kier alpha value is -0.160. The van der Waals surface area contributed by atoms with Crippen LogP contribution in [0.3, 0.4) is 0 Å². The van der Waals surface area contributed by atoms with Gasteiger partial charge in [0.15, 0.2) is 0 Å². The van der Waals surface area contributed by atoms with E-state index in [1.54, 1.807) is 0 Å². The SMILES string of the molecule is CCOCCN1CCN(C[C@H]2CCCCO2)C[C@@H]1CC. The van der Waals surface area contributed by atoms with Gasteiger partial charge in [-0.15, -0.1) is 0 Å². The molecule has 0 aromatic carbocycles. The van der Waals surface area contributed by atoms with E-state index in [-0.39, 0.29) is 0 Å². The Morgan fingerprint density at radius 2 is 2.10 bits per heavy atom. The molecule has 0 spiro atoms. The van der Waals surface area contributed by atoms with E-state index in [4.69, 9.17) is 9.47 Å². The summed E-state index contributed by atoms with van der Waals surface area (Å²) in [6.07, 6.45) is 5.56. The molecule has 0 amide bonds. The van der Waals surface area contributed by atoms with Gasteiger partial charge in [-0.25, -0.2) is 0 Å². The van der Waals surface area contributed by atoms with Crippen molar-refractivity contribution in [3.63, 3.8) is 0 Å². The van der Waals surface area contributed by atoms with Crippen molar-refractivity contribution in [3.05, 3.63) is 0 Å². The first-order chi connectivity index (χ1) is 9.83. The lowest BCUT2D eigenvalue weighted by molar-refractivity contribution is -0.0260. The molecule has 2 saturated heterocycles. The summed E-state index contributed by atoms with van der Waals surface area (Å²) in [4.78, 5) is 5.22. The van der Waals surface area contributed by atoms with Crippen molar-refractivity contribution in [1.82, 2.24) is 9.80 Å². The number of hydrogen-bond donors (Lipinski definition) is 0. The molecular weight excluding hydrogens is 252 g/mol. The molecule has 2 fully saturated rings. The van der Waals surface area contributed by atoms with Crippen LogP contribution < -0.4 is 0 Å². The van der Waals surface area contributed by atoms with Gasteiger partial charge in [0.1, 0.15) is 0 Å². The maximum Gasteiger partial charge on any atom is 0.0702 e. The number of rotatable bonds is 7. The molecule has 0 N–H and O–H groups in total. The Morgan fingerprint density at radius 1 is 1.20 bits per heavy atom. The average Bonchev–Trinajstić information content (AvgIpc) is 2.50. The number of piperazine rings is 1. The molecule has 20 heavy (non-hydrogen) atoms. The predicted octanol–water partition coefficient (Wildman–Crippen LogP) is 1.99. The van der Waals surface area contributed by atoms with Crippen LogP contribution in [-0.2, 0) is 9.47 Å². The van der Waals surface area contributed by atoms with E-state index < -0.39 is 0 Å². The Labute approximate surface area is 124 Å². The van der Waals surface area contributed by atoms with E-state index in [1.165, 1.54) is 45.3 Å². The van der Waals surface area contributed by atoms with Crippen molar-refractivity contribution in [2.75, 3.05) is 52.5 Å². The third-order valence-electron chi connectivity index (χ3n) is 4.62. The van der Waals surface area contributed by atoms with Crippen LogP contribution in [0.25, 0.3) is 0 Å². The van der Waals surface area contributed by atoms with Gasteiger partial charge in [-0.2, -0.15) is 0 Å². The highest BCUT2D eigenvalue weighted by atomic mass is 16.5. The number of nitrogens with zero attached hydrogens (tertiary/aromatic N) is 2. The zero-order valence-electron chi connectivity index (χ0n) is 13.4. The van der Waals surface area contributed by atoms with Crippen molar-refractivity contribution >= 4 is 0 Å². The van der Waals surface area contributed by atoms with Crippen LogP contribution in [0.1, 0.15) is 39.5 Å². The summed E-state index contributed by atoms with van der Waals surface area (Å²) in [7, 11) is 0. The van der Waals surface area contributed by atoms with Crippen LogP contribution in [0, 0.1) is 0 Å². The molecule has 118 valence electrons. The molecule has 0 bridgehead atoms. The minimum Gasteiger partial charge on any atom is -0.380 e. The summed E-state index contributed by atoms with van der Waals surface area (Å²) >= 11 is 0. The second-order valence-electron chi connectivity index (χ2n) is 6.04. The molecule has 2 heterocycles. The molecule has 0 aromatic heterocycles. The third-order valence-corrected chi connectivity index (χ3v) is 4.62. The Balaban J connectivity index is 1.72. The van der Waals surface area contributed by atoms with Crippen molar-refractivity contribution in [2.45, 2.75) is 51.7 Å². The Bertz CT molecular complexity index is 257. The van der Waals surface area contributed by atoms with Crippen LogP contribution in [0.4, 0.5) is 0 Å². The molecule has 2 atom stereocenters. The number of ether oxygens (including phenoxy) is 2. The molecule has 0 aliphatic carbocycles. The predicted molar refractivity (Wildman–Crippen MR) is 82.2 cm³/mol. The molecule has 4 heteroatoms. The first-order valence-electron chi connectivity index (χ1n) is 8.49. The van der Waals surface area contributed by atoms with Crippen molar-refractivity contribution in [3.8, 4) is 0 Å². The second-order valence-corrected chi connectivity index (χ2v) is 6.04. The standard InChI is InChI=1S/C16H32N2O2/c1-3-15-13-17(14-16-7-5-6-11-20-16)8-9-18(15)10-12-19-4-2/h15-16H,3-14H2,1-2H3/t15-,16+/m0/s1. The van der Waals surface area contributed by atoms with Gasteiger partial charge in [-0.05, 0) is 32.6 Å². The zero-order chi connectivity index (χ0) is 14.2. The molecule has 4 nitrogen and oxygen atoms in total. The monoisotopic (exact) mass is 284 g/mol. The van der Waals surface area contributed by atoms with Crippen LogP contribution in [0.5, 0.6) is 0 Å². The van der Waals surface area contributed by atoms with E-state index in [2.05, 4.69) is 23.6 Å². The molecule has 0 unspecified atom stereocenters. The van der Waals surface area contributed by atoms with E-state index in [0.29, 0.717) is 12.1 Å². The lowest BCUT2D eigenvalue weighted by Gasteiger charge is -2.42. The Morgan fingerprint density at radius 3 is 2.80 bits per heavy atom. The van der Waals surface area contributed by atoms with Gasteiger partial charge in [0.2, 0.25) is 0 Å². The molecule has 0 aromatic rings. The summed E-state index contributed by atoms with van der Waals surface area (Å²) in [5.74, 6) is 0. The smallest absolute Gasteiger partial charge is 0.0702 e. The topological polar surface area (TPSA) is 24.9 Å². The summed E-state index contributed by atoms with van der Waals surface area (Å²) in [6.45, 7) is 12.8. The molecule has 0 radical (unpaired) electrons. The van der Waals surface area contributed by atoms with Crippen molar-refractivity contribution in [2.24, 2.45) is 0 Å². The lowest BCUT2D eigenvalue weighted by atomic mass is 10.1. The minimum absolute atomic E-state index is 0.483. The molecule has 2 aliphatic rings. The van der Waals surface area contributed by atoms with Crippen LogP contribution in [0.2, 0.25) is 0 Å². The fourth-order valence-corrected chi connectivity index (χ4v) is 3.37. The molecule has 2 aliphatic heterocycles. The normalized spacial score (nSPS) is 29.7. The van der Waals surface area contributed by atoms with Gasteiger partial charge in [0, 0.05) is 52.0 Å². The highest BCUT2D eigenvalue weighted by molar-refractivity contribution is 4.83. The van der Waals surface area contributed by atoms with Crippen LogP contribution in [0.15, 0.2) is 0 Å². The highest BCUT2D eigenvalue weighted by Gasteiger charge is 2.27. The van der Waals surface area contributed by atoms with Crippen molar-refractivity contribution < 1.29 is 9.47 Å². The maximum atomic E-state index is 5.88. The third kappa shape index (κ3) is 4.99. The summed E-state index contributed by atoms with van der Waals surface area (Å²) < 4.78 is 11.4. The molecule has 0 saturated carbocycles. The van der Waals surface area contributed by atoms with Crippen molar-refractivity contribution in [1.29, 1.82) is 0 Å². The van der Waals surface area contributed by atoms with E-state index in [9.17, 15) is 0 Å². The van der Waals surface area contributed by atoms with Gasteiger partial charge in [0.25, 0.3) is 0 Å². The fraction of sp³-hybridized carbons (Fsp3) is 1.00. The van der Waals surface area contributed by atoms with Gasteiger partial charge in [0.05, 0.1) is 12.7 Å². The summed E-state index contributed by atoms with van der Waals surface area (Å²) in [5, 5.41) is 0. The fourth-order valence-electron chi connectivity index (χ4n) is 3.37. The first-order valence-corrected chi connectivity index (χ1v) is 8.49. The van der Waals surface area contributed by atoms with Crippen LogP contribution >= 0.6 is 0 Å². The van der Waals surface area contributed by atoms with E-state index in [1.807, 2.05) is 0 Å². The van der Waals surface area contributed by atoms with Gasteiger partial charge in [-0.3, -0.25) is 9.80 Å². The summed E-state index contributed by atoms with van der Waals surface area (Å²) in [6, 6.07) is 0.688.